The van der Waals surface area contributed by atoms with Crippen LogP contribution >= 0.6 is 11.8 Å². The minimum absolute atomic E-state index is 0.0451. The molecule has 0 aliphatic carbocycles. The highest BCUT2D eigenvalue weighted by molar-refractivity contribution is 8.00. The summed E-state index contributed by atoms with van der Waals surface area (Å²) >= 11 is 1.49. The van der Waals surface area contributed by atoms with Crippen LogP contribution in [0.4, 0.5) is 5.69 Å². The average molecular weight is 361 g/mol. The number of amides is 1. The van der Waals surface area contributed by atoms with Gasteiger partial charge in [0.2, 0.25) is 5.91 Å². The Hall–Kier alpha value is -2.15. The van der Waals surface area contributed by atoms with E-state index in [2.05, 4.69) is 10.4 Å². The highest BCUT2D eigenvalue weighted by Crippen LogP contribution is 2.35. The van der Waals surface area contributed by atoms with Crippen LogP contribution in [0.15, 0.2) is 23.1 Å². The maximum atomic E-state index is 12.5. The third-order valence-electron chi connectivity index (χ3n) is 4.16. The van der Waals surface area contributed by atoms with Gasteiger partial charge in [0.1, 0.15) is 0 Å². The van der Waals surface area contributed by atoms with Gasteiger partial charge in [-0.3, -0.25) is 9.48 Å². The number of carbonyl (C=O) groups is 1. The van der Waals surface area contributed by atoms with Crippen molar-refractivity contribution >= 4 is 23.4 Å². The van der Waals surface area contributed by atoms with E-state index < -0.39 is 0 Å². The Bertz CT molecular complexity index is 788. The molecule has 1 atom stereocenters. The van der Waals surface area contributed by atoms with Crippen LogP contribution in [0.25, 0.3) is 0 Å². The molecule has 25 heavy (non-hydrogen) atoms. The third kappa shape index (κ3) is 3.92. The van der Waals surface area contributed by atoms with Gasteiger partial charge < -0.3 is 14.8 Å². The van der Waals surface area contributed by atoms with E-state index in [1.807, 2.05) is 46.0 Å². The molecule has 0 fully saturated rings. The number of nitrogens with zero attached hydrogens (tertiary/aromatic N) is 2. The number of hydrogen-bond acceptors (Lipinski definition) is 5. The summed E-state index contributed by atoms with van der Waals surface area (Å²) < 4.78 is 13.1. The molecule has 2 aromatic rings. The number of anilines is 1. The average Bonchev–Trinajstić information content (AvgIpc) is 2.76. The molecule has 1 aliphatic heterocycles. The highest BCUT2D eigenvalue weighted by Gasteiger charge is 2.19. The Kier molecular flexibility index (Phi) is 5.22. The van der Waals surface area contributed by atoms with Crippen molar-refractivity contribution in [1.29, 1.82) is 0 Å². The van der Waals surface area contributed by atoms with Gasteiger partial charge in [0, 0.05) is 18.4 Å². The van der Waals surface area contributed by atoms with Crippen LogP contribution in [0.3, 0.4) is 0 Å². The second kappa shape index (κ2) is 7.39. The molecule has 0 radical (unpaired) electrons. The maximum absolute atomic E-state index is 12.5. The number of rotatable bonds is 4. The number of carbonyl (C=O) groups excluding carboxylic acids is 1. The van der Waals surface area contributed by atoms with Crippen LogP contribution in [0.2, 0.25) is 0 Å². The first-order valence-electron chi connectivity index (χ1n) is 8.33. The molecule has 1 amide bonds. The van der Waals surface area contributed by atoms with Gasteiger partial charge in [-0.15, -0.1) is 11.8 Å². The summed E-state index contributed by atoms with van der Waals surface area (Å²) in [5.74, 6) is 1.46. The molecule has 1 N–H and O–H groups in total. The third-order valence-corrected chi connectivity index (χ3v) is 5.25. The molecule has 1 aromatic carbocycles. The van der Waals surface area contributed by atoms with Gasteiger partial charge in [-0.2, -0.15) is 5.10 Å². The predicted octanol–water partition coefficient (Wildman–Crippen LogP) is 3.32. The van der Waals surface area contributed by atoms with Gasteiger partial charge in [0.25, 0.3) is 0 Å². The highest BCUT2D eigenvalue weighted by atomic mass is 32.2. The van der Waals surface area contributed by atoms with Gasteiger partial charge >= 0.3 is 0 Å². The van der Waals surface area contributed by atoms with Gasteiger partial charge in [-0.05, 0) is 39.0 Å². The summed E-state index contributed by atoms with van der Waals surface area (Å²) in [5.41, 5.74) is 2.55. The second-order valence-corrected chi connectivity index (χ2v) is 7.49. The van der Waals surface area contributed by atoms with Crippen molar-refractivity contribution < 1.29 is 14.3 Å². The van der Waals surface area contributed by atoms with Crippen LogP contribution < -0.4 is 14.8 Å². The Labute approximate surface area is 151 Å². The zero-order valence-corrected chi connectivity index (χ0v) is 15.8. The van der Waals surface area contributed by atoms with Crippen LogP contribution in [0, 0.1) is 13.8 Å². The van der Waals surface area contributed by atoms with E-state index in [1.165, 1.54) is 11.8 Å². The van der Waals surface area contributed by atoms with Crippen molar-refractivity contribution in [2.75, 3.05) is 18.5 Å². The summed E-state index contributed by atoms with van der Waals surface area (Å²) in [6, 6.07) is 5.81. The first kappa shape index (κ1) is 17.7. The van der Waals surface area contributed by atoms with Crippen molar-refractivity contribution in [3.8, 4) is 11.5 Å². The molecule has 134 valence electrons. The number of nitrogens with one attached hydrogen (secondary N) is 1. The van der Waals surface area contributed by atoms with E-state index in [0.29, 0.717) is 13.2 Å². The molecule has 0 bridgehead atoms. The van der Waals surface area contributed by atoms with Crippen LogP contribution in [-0.2, 0) is 11.8 Å². The van der Waals surface area contributed by atoms with E-state index in [0.717, 1.165) is 39.9 Å². The Morgan fingerprint density at radius 3 is 2.68 bits per heavy atom. The number of fused-ring (bicyclic) bond motifs is 1. The first-order valence-corrected chi connectivity index (χ1v) is 9.21. The van der Waals surface area contributed by atoms with E-state index in [9.17, 15) is 4.79 Å². The smallest absolute Gasteiger partial charge is 0.237 e. The SMILES string of the molecule is Cc1nn(C)c(C)c1NC(=O)C(C)Sc1ccc2c(c1)OCCCO2. The van der Waals surface area contributed by atoms with E-state index in [-0.39, 0.29) is 11.2 Å². The van der Waals surface area contributed by atoms with Crippen molar-refractivity contribution in [1.82, 2.24) is 9.78 Å². The minimum Gasteiger partial charge on any atom is -0.490 e. The fourth-order valence-corrected chi connectivity index (χ4v) is 3.55. The Morgan fingerprint density at radius 2 is 2.00 bits per heavy atom. The normalized spacial score (nSPS) is 14.7. The van der Waals surface area contributed by atoms with Crippen molar-refractivity contribution in [2.45, 2.75) is 37.3 Å². The molecular weight excluding hydrogens is 338 g/mol. The molecule has 6 nitrogen and oxygen atoms in total. The quantitative estimate of drug-likeness (QED) is 0.847. The standard InChI is InChI=1S/C18H23N3O3S/c1-11-17(12(2)21(4)20-11)19-18(22)13(3)25-14-6-7-15-16(10-14)24-9-5-8-23-15/h6-7,10,13H,5,8-9H2,1-4H3,(H,19,22). The Balaban J connectivity index is 1.68. The van der Waals surface area contributed by atoms with Gasteiger partial charge in [0.15, 0.2) is 11.5 Å². The number of thioether (sulfide) groups is 1. The molecule has 2 heterocycles. The topological polar surface area (TPSA) is 65.4 Å². The van der Waals surface area contributed by atoms with Crippen LogP contribution in [0.5, 0.6) is 11.5 Å². The zero-order valence-electron chi connectivity index (χ0n) is 15.0. The maximum Gasteiger partial charge on any atom is 0.237 e. The van der Waals surface area contributed by atoms with E-state index in [1.54, 1.807) is 4.68 Å². The number of ether oxygens (including phenoxy) is 2. The molecule has 0 spiro atoms. The molecular formula is C18H23N3O3S. The van der Waals surface area contributed by atoms with Gasteiger partial charge in [-0.1, -0.05) is 0 Å². The Morgan fingerprint density at radius 1 is 1.28 bits per heavy atom. The molecule has 0 saturated heterocycles. The second-order valence-electron chi connectivity index (χ2n) is 6.08. The lowest BCUT2D eigenvalue weighted by Gasteiger charge is -2.14. The van der Waals surface area contributed by atoms with Gasteiger partial charge in [-0.25, -0.2) is 0 Å². The largest absolute Gasteiger partial charge is 0.490 e. The lowest BCUT2D eigenvalue weighted by atomic mass is 10.3. The van der Waals surface area contributed by atoms with Crippen molar-refractivity contribution in [3.63, 3.8) is 0 Å². The molecule has 1 aromatic heterocycles. The van der Waals surface area contributed by atoms with E-state index >= 15 is 0 Å². The molecule has 0 saturated carbocycles. The number of aromatic nitrogens is 2. The predicted molar refractivity (Wildman–Crippen MR) is 98.7 cm³/mol. The van der Waals surface area contributed by atoms with Crippen LogP contribution in [0.1, 0.15) is 24.7 Å². The van der Waals surface area contributed by atoms with Gasteiger partial charge in [0.05, 0.1) is 35.5 Å². The summed E-state index contributed by atoms with van der Waals surface area (Å²) in [6.45, 7) is 7.05. The summed E-state index contributed by atoms with van der Waals surface area (Å²) in [5, 5.41) is 7.07. The fraction of sp³-hybridized carbons (Fsp3) is 0.444. The lowest BCUT2D eigenvalue weighted by Crippen LogP contribution is -2.23. The molecule has 7 heteroatoms. The zero-order chi connectivity index (χ0) is 18.0. The number of hydrogen-bond donors (Lipinski definition) is 1. The molecule has 1 unspecified atom stereocenters. The van der Waals surface area contributed by atoms with E-state index in [4.69, 9.17) is 9.47 Å². The summed E-state index contributed by atoms with van der Waals surface area (Å²) in [4.78, 5) is 13.5. The van der Waals surface area contributed by atoms with Crippen LogP contribution in [-0.4, -0.2) is 34.2 Å². The summed E-state index contributed by atoms with van der Waals surface area (Å²) in [7, 11) is 1.87. The first-order chi connectivity index (χ1) is 12.0. The summed E-state index contributed by atoms with van der Waals surface area (Å²) in [6.07, 6.45) is 0.875. The monoisotopic (exact) mass is 361 g/mol. The molecule has 3 rings (SSSR count). The van der Waals surface area contributed by atoms with Crippen molar-refractivity contribution in [2.24, 2.45) is 7.05 Å². The number of aryl methyl sites for hydroxylation is 2. The number of benzene rings is 1. The molecule has 1 aliphatic rings. The van der Waals surface area contributed by atoms with Crippen molar-refractivity contribution in [3.05, 3.63) is 29.6 Å². The minimum atomic E-state index is -0.247. The fourth-order valence-electron chi connectivity index (χ4n) is 2.65. The lowest BCUT2D eigenvalue weighted by molar-refractivity contribution is -0.115.